The maximum Gasteiger partial charge on any atom is 0.0541 e. The number of thiophene rings is 1. The van der Waals surface area contributed by atoms with Crippen molar-refractivity contribution in [3.05, 3.63) is 195 Å². The summed E-state index contributed by atoms with van der Waals surface area (Å²) in [5.41, 5.74) is 11.9. The van der Waals surface area contributed by atoms with Crippen molar-refractivity contribution in [3.63, 3.8) is 0 Å². The van der Waals surface area contributed by atoms with Gasteiger partial charge in [-0.15, -0.1) is 11.3 Å². The molecule has 5 heteroatoms. The molecule has 0 atom stereocenters. The SMILES string of the molecule is c1ccc(-n2c3ccccc3c3cc(-c4cc5sc6cc(-c7ccc8c(c7)c7ccccc7n8-c7ccccc7)c7cnccc7c6c5c5ccncc45)ccc32)cc1. The lowest BCUT2D eigenvalue weighted by atomic mass is 9.92. The summed E-state index contributed by atoms with van der Waals surface area (Å²) in [6, 6.07) is 61.9. The number of para-hydroxylation sites is 4. The van der Waals surface area contributed by atoms with Crippen LogP contribution in [0.2, 0.25) is 0 Å². The third kappa shape index (κ3) is 4.71. The normalized spacial score (nSPS) is 12.1. The molecular formula is C54H32N4S. The van der Waals surface area contributed by atoms with Crippen molar-refractivity contribution in [2.75, 3.05) is 0 Å². The van der Waals surface area contributed by atoms with Crippen LogP contribution >= 0.6 is 11.3 Å². The van der Waals surface area contributed by atoms with Gasteiger partial charge in [-0.25, -0.2) is 0 Å². The highest BCUT2D eigenvalue weighted by molar-refractivity contribution is 7.26. The monoisotopic (exact) mass is 768 g/mol. The Morgan fingerprint density at radius 3 is 1.24 bits per heavy atom. The molecule has 5 aromatic heterocycles. The number of aromatic nitrogens is 4. The predicted molar refractivity (Wildman–Crippen MR) is 249 cm³/mol. The molecule has 59 heavy (non-hydrogen) atoms. The zero-order valence-electron chi connectivity index (χ0n) is 31.7. The Bertz CT molecular complexity index is 3590. The number of rotatable bonds is 4. The third-order valence-electron chi connectivity index (χ3n) is 12.3. The maximum absolute atomic E-state index is 4.70. The van der Waals surface area contributed by atoms with E-state index in [1.165, 1.54) is 96.8 Å². The van der Waals surface area contributed by atoms with Gasteiger partial charge in [0.1, 0.15) is 0 Å². The molecule has 0 bridgehead atoms. The molecule has 0 fully saturated rings. The first-order valence-corrected chi connectivity index (χ1v) is 20.8. The Labute approximate surface area is 342 Å². The van der Waals surface area contributed by atoms with Crippen LogP contribution in [0.3, 0.4) is 0 Å². The lowest BCUT2D eigenvalue weighted by Gasteiger charge is -2.12. The lowest BCUT2D eigenvalue weighted by molar-refractivity contribution is 1.18. The Hall–Kier alpha value is -7.60. The summed E-state index contributed by atoms with van der Waals surface area (Å²) in [6.45, 7) is 0. The van der Waals surface area contributed by atoms with Crippen LogP contribution in [0.15, 0.2) is 195 Å². The summed E-state index contributed by atoms with van der Waals surface area (Å²) < 4.78 is 7.27. The van der Waals surface area contributed by atoms with E-state index in [0.29, 0.717) is 0 Å². The molecule has 0 unspecified atom stereocenters. The van der Waals surface area contributed by atoms with Gasteiger partial charge in [0.05, 0.1) is 22.1 Å². The van der Waals surface area contributed by atoms with Crippen LogP contribution in [0, 0.1) is 0 Å². The molecule has 0 saturated carbocycles. The van der Waals surface area contributed by atoms with E-state index in [2.05, 4.69) is 179 Å². The summed E-state index contributed by atoms with van der Waals surface area (Å²) in [5.74, 6) is 0. The topological polar surface area (TPSA) is 35.6 Å². The number of benzene rings is 8. The van der Waals surface area contributed by atoms with Crippen LogP contribution in [-0.2, 0) is 0 Å². The van der Waals surface area contributed by atoms with Gasteiger partial charge in [0.25, 0.3) is 0 Å². The second-order valence-corrected chi connectivity index (χ2v) is 16.5. The van der Waals surface area contributed by atoms with Crippen LogP contribution in [0.5, 0.6) is 0 Å². The van der Waals surface area contributed by atoms with E-state index in [0.717, 1.165) is 22.1 Å². The Morgan fingerprint density at radius 2 is 0.763 bits per heavy atom. The van der Waals surface area contributed by atoms with Crippen molar-refractivity contribution in [1.29, 1.82) is 0 Å². The number of pyridine rings is 2. The summed E-state index contributed by atoms with van der Waals surface area (Å²) in [4.78, 5) is 9.39. The van der Waals surface area contributed by atoms with E-state index in [4.69, 9.17) is 9.97 Å². The number of nitrogens with zero attached hydrogens (tertiary/aromatic N) is 4. The van der Waals surface area contributed by atoms with Crippen LogP contribution < -0.4 is 0 Å². The van der Waals surface area contributed by atoms with E-state index < -0.39 is 0 Å². The van der Waals surface area contributed by atoms with Crippen molar-refractivity contribution in [2.24, 2.45) is 0 Å². The molecule has 0 aliphatic carbocycles. The second-order valence-electron chi connectivity index (χ2n) is 15.4. The molecule has 8 aromatic carbocycles. The standard InChI is InChI=1S/C54H32N4S/c1-3-11-35(12-4-1)57-47-17-9-7-15-37(47)43-27-33(19-21-49(43)57)41-29-51-53(39-23-25-55-31-45(39)41)54-40-24-26-56-32-46(40)42(30-52(54)59-51)34-20-22-50-44(28-34)38-16-8-10-18-48(38)58(50)36-13-5-2-6-14-36/h1-32H. The quantitative estimate of drug-likeness (QED) is 0.179. The summed E-state index contributed by atoms with van der Waals surface area (Å²) >= 11 is 1.88. The van der Waals surface area contributed by atoms with E-state index in [-0.39, 0.29) is 0 Å². The van der Waals surface area contributed by atoms with Gasteiger partial charge >= 0.3 is 0 Å². The van der Waals surface area contributed by atoms with Crippen LogP contribution in [-0.4, -0.2) is 19.1 Å². The highest BCUT2D eigenvalue weighted by Gasteiger charge is 2.21. The summed E-state index contributed by atoms with van der Waals surface area (Å²) in [6.07, 6.45) is 7.96. The molecule has 274 valence electrons. The van der Waals surface area contributed by atoms with E-state index in [1.807, 2.05) is 36.1 Å². The number of hydrogen-bond acceptors (Lipinski definition) is 3. The van der Waals surface area contributed by atoms with Gasteiger partial charge in [-0.05, 0) is 118 Å². The van der Waals surface area contributed by atoms with E-state index in [1.54, 1.807) is 0 Å². The lowest BCUT2D eigenvalue weighted by Crippen LogP contribution is -1.93. The van der Waals surface area contributed by atoms with Gasteiger partial charge in [-0.2, -0.15) is 0 Å². The first-order valence-electron chi connectivity index (χ1n) is 20.0. The van der Waals surface area contributed by atoms with Crippen LogP contribution in [0.1, 0.15) is 0 Å². The smallest absolute Gasteiger partial charge is 0.0541 e. The largest absolute Gasteiger partial charge is 0.309 e. The molecule has 4 nitrogen and oxygen atoms in total. The summed E-state index contributed by atoms with van der Waals surface area (Å²) in [7, 11) is 0. The molecule has 13 rings (SSSR count). The fraction of sp³-hybridized carbons (Fsp3) is 0. The fourth-order valence-corrected chi connectivity index (χ4v) is 11.0. The Morgan fingerprint density at radius 1 is 0.339 bits per heavy atom. The Kier molecular flexibility index (Phi) is 6.85. The molecule has 0 amide bonds. The van der Waals surface area contributed by atoms with Gasteiger partial charge in [0.2, 0.25) is 0 Å². The average Bonchev–Trinajstić information content (AvgIpc) is 3.96. The van der Waals surface area contributed by atoms with E-state index in [9.17, 15) is 0 Å². The van der Waals surface area contributed by atoms with Crippen LogP contribution in [0.25, 0.3) is 119 Å². The molecule has 0 N–H and O–H groups in total. The third-order valence-corrected chi connectivity index (χ3v) is 13.4. The van der Waals surface area contributed by atoms with Crippen molar-refractivity contribution in [1.82, 2.24) is 19.1 Å². The first kappa shape index (κ1) is 32.5. The highest BCUT2D eigenvalue weighted by Crippen LogP contribution is 2.48. The molecule has 0 spiro atoms. The first-order chi connectivity index (χ1) is 29.3. The number of fused-ring (bicyclic) bond motifs is 13. The zero-order chi connectivity index (χ0) is 38.6. The van der Waals surface area contributed by atoms with Gasteiger partial charge < -0.3 is 9.13 Å². The Balaban J connectivity index is 1.04. The molecule has 0 radical (unpaired) electrons. The van der Waals surface area contributed by atoms with Gasteiger partial charge in [-0.1, -0.05) is 84.9 Å². The van der Waals surface area contributed by atoms with Gasteiger partial charge in [0.15, 0.2) is 0 Å². The predicted octanol–water partition coefficient (Wildman–Crippen LogP) is 14.7. The number of hydrogen-bond donors (Lipinski definition) is 0. The highest BCUT2D eigenvalue weighted by atomic mass is 32.1. The van der Waals surface area contributed by atoms with E-state index >= 15 is 0 Å². The van der Waals surface area contributed by atoms with Gasteiger partial charge in [-0.3, -0.25) is 9.97 Å². The van der Waals surface area contributed by atoms with Crippen molar-refractivity contribution < 1.29 is 0 Å². The molecule has 0 saturated heterocycles. The molecule has 5 heterocycles. The maximum atomic E-state index is 4.70. The van der Waals surface area contributed by atoms with Gasteiger partial charge in [0, 0.05) is 88.7 Å². The summed E-state index contributed by atoms with van der Waals surface area (Å²) in [5, 5.41) is 12.2. The van der Waals surface area contributed by atoms with Crippen molar-refractivity contribution in [2.45, 2.75) is 0 Å². The van der Waals surface area contributed by atoms with Crippen molar-refractivity contribution >= 4 is 96.7 Å². The minimum atomic E-state index is 1.15. The molecular weight excluding hydrogens is 737 g/mol. The minimum absolute atomic E-state index is 1.15. The molecule has 0 aliphatic rings. The zero-order valence-corrected chi connectivity index (χ0v) is 32.5. The fourth-order valence-electron chi connectivity index (χ4n) is 9.75. The van der Waals surface area contributed by atoms with Crippen molar-refractivity contribution in [3.8, 4) is 33.6 Å². The average molecular weight is 769 g/mol. The second kappa shape index (κ2) is 12.4. The molecule has 13 aromatic rings. The van der Waals surface area contributed by atoms with Crippen LogP contribution in [0.4, 0.5) is 0 Å². The molecule has 0 aliphatic heterocycles. The minimum Gasteiger partial charge on any atom is -0.309 e.